The molecule has 0 bridgehead atoms. The van der Waals surface area contributed by atoms with Gasteiger partial charge >= 0.3 is 12.2 Å². The fraction of sp³-hybridized carbons (Fsp3) is 0.370. The van der Waals surface area contributed by atoms with Crippen LogP contribution in [-0.4, -0.2) is 58.1 Å². The van der Waals surface area contributed by atoms with Crippen LogP contribution in [0.4, 0.5) is 18.0 Å². The first kappa shape index (κ1) is 26.2. The van der Waals surface area contributed by atoms with Crippen molar-refractivity contribution in [3.8, 4) is 6.07 Å². The molecule has 1 aliphatic heterocycles. The Hall–Kier alpha value is -3.84. The zero-order valence-corrected chi connectivity index (χ0v) is 20.6. The fourth-order valence-corrected chi connectivity index (χ4v) is 4.39. The predicted octanol–water partition coefficient (Wildman–Crippen LogP) is 4.20. The van der Waals surface area contributed by atoms with E-state index in [1.54, 1.807) is 34.2 Å². The number of piperazine rings is 1. The molecule has 0 atom stereocenters. The zero-order chi connectivity index (χ0) is 26.4. The lowest BCUT2D eigenvalue weighted by Crippen LogP contribution is -2.51. The van der Waals surface area contributed by atoms with Gasteiger partial charge in [-0.3, -0.25) is 0 Å². The molecule has 1 aliphatic rings. The van der Waals surface area contributed by atoms with E-state index in [0.717, 1.165) is 29.2 Å². The smallest absolute Gasteiger partial charge is 0.326 e. The van der Waals surface area contributed by atoms with E-state index in [1.807, 2.05) is 23.6 Å². The number of nitrogens with one attached hydrogen (secondary N) is 1. The molecule has 2 heterocycles. The molecule has 1 saturated heterocycles. The number of benzene rings is 2. The number of urea groups is 1. The number of aromatic nitrogens is 2. The summed E-state index contributed by atoms with van der Waals surface area (Å²) in [4.78, 5) is 21.4. The lowest BCUT2D eigenvalue weighted by molar-refractivity contribution is -0.137. The first-order valence-corrected chi connectivity index (χ1v) is 12.2. The zero-order valence-electron chi connectivity index (χ0n) is 20.6. The third-order valence-corrected chi connectivity index (χ3v) is 6.50. The molecule has 1 N–H and O–H groups in total. The van der Waals surface area contributed by atoms with E-state index in [-0.39, 0.29) is 19.1 Å². The quantitative estimate of drug-likeness (QED) is 0.517. The molecule has 0 radical (unpaired) electrons. The normalized spacial score (nSPS) is 13.9. The molecule has 10 heteroatoms. The van der Waals surface area contributed by atoms with E-state index in [2.05, 4.69) is 16.4 Å². The maximum absolute atomic E-state index is 13.5. The molecule has 37 heavy (non-hydrogen) atoms. The van der Waals surface area contributed by atoms with Crippen LogP contribution in [0.1, 0.15) is 33.8 Å². The number of alkyl halides is 3. The van der Waals surface area contributed by atoms with Crippen molar-refractivity contribution in [3.63, 3.8) is 0 Å². The first-order valence-electron chi connectivity index (χ1n) is 12.2. The number of hydrogen-bond donors (Lipinski definition) is 1. The SMILES string of the molecule is Cc1ncc(CN(CCc2cccc(C(F)(F)F)c2)C(=O)N2CCNCC2)n1Cc1ccc(C#N)cc1. The molecule has 0 aliphatic carbocycles. The molecule has 1 aromatic heterocycles. The molecular weight excluding hydrogens is 481 g/mol. The average Bonchev–Trinajstić information content (AvgIpc) is 3.25. The van der Waals surface area contributed by atoms with Gasteiger partial charge in [0.15, 0.2) is 0 Å². The molecule has 2 aromatic carbocycles. The molecule has 0 saturated carbocycles. The summed E-state index contributed by atoms with van der Waals surface area (Å²) < 4.78 is 41.6. The summed E-state index contributed by atoms with van der Waals surface area (Å²) in [5, 5.41) is 12.3. The number of hydrogen-bond acceptors (Lipinski definition) is 4. The Morgan fingerprint density at radius 3 is 2.54 bits per heavy atom. The molecule has 0 unspecified atom stereocenters. The van der Waals surface area contributed by atoms with Crippen LogP contribution in [0.25, 0.3) is 0 Å². The second-order valence-electron chi connectivity index (χ2n) is 9.08. The Morgan fingerprint density at radius 2 is 1.86 bits per heavy atom. The van der Waals surface area contributed by atoms with Gasteiger partial charge in [-0.1, -0.05) is 30.3 Å². The average molecular weight is 511 g/mol. The van der Waals surface area contributed by atoms with Gasteiger partial charge in [0.2, 0.25) is 0 Å². The summed E-state index contributed by atoms with van der Waals surface area (Å²) in [6, 6.07) is 14.5. The topological polar surface area (TPSA) is 77.2 Å². The summed E-state index contributed by atoms with van der Waals surface area (Å²) >= 11 is 0. The highest BCUT2D eigenvalue weighted by atomic mass is 19.4. The van der Waals surface area contributed by atoms with Gasteiger partial charge in [0.1, 0.15) is 5.82 Å². The van der Waals surface area contributed by atoms with Crippen LogP contribution in [0.15, 0.2) is 54.7 Å². The first-order chi connectivity index (χ1) is 17.7. The molecule has 0 spiro atoms. The van der Waals surface area contributed by atoms with Gasteiger partial charge < -0.3 is 19.7 Å². The van der Waals surface area contributed by atoms with E-state index in [0.29, 0.717) is 50.3 Å². The number of imidazole rings is 1. The third kappa shape index (κ3) is 6.68. The Kier molecular flexibility index (Phi) is 8.14. The van der Waals surface area contributed by atoms with Crippen molar-refractivity contribution >= 4 is 6.03 Å². The molecule has 1 fully saturated rings. The highest BCUT2D eigenvalue weighted by molar-refractivity contribution is 5.74. The highest BCUT2D eigenvalue weighted by Gasteiger charge is 2.30. The summed E-state index contributed by atoms with van der Waals surface area (Å²) in [6.07, 6.45) is -2.38. The number of halogens is 3. The monoisotopic (exact) mass is 510 g/mol. The van der Waals surface area contributed by atoms with E-state index >= 15 is 0 Å². The van der Waals surface area contributed by atoms with Crippen LogP contribution in [-0.2, 0) is 25.7 Å². The van der Waals surface area contributed by atoms with Crippen molar-refractivity contribution in [2.24, 2.45) is 0 Å². The van der Waals surface area contributed by atoms with Gasteiger partial charge in [0, 0.05) is 39.3 Å². The second kappa shape index (κ2) is 11.5. The van der Waals surface area contributed by atoms with Gasteiger partial charge in [-0.25, -0.2) is 9.78 Å². The van der Waals surface area contributed by atoms with E-state index < -0.39 is 11.7 Å². The van der Waals surface area contributed by atoms with Crippen molar-refractivity contribution < 1.29 is 18.0 Å². The lowest BCUT2D eigenvalue weighted by atomic mass is 10.1. The van der Waals surface area contributed by atoms with Crippen molar-refractivity contribution in [1.82, 2.24) is 24.7 Å². The number of aryl methyl sites for hydroxylation is 1. The predicted molar refractivity (Wildman–Crippen MR) is 133 cm³/mol. The number of amides is 2. The standard InChI is InChI=1S/C27H29F3N6O/c1-20-33-17-25(36(20)18-23-7-5-22(16-31)6-8-23)19-35(26(37)34-13-10-32-11-14-34)12-9-21-3-2-4-24(15-21)27(28,29)30/h2-8,15,17,32H,9-14,18-19H2,1H3. The molecule has 7 nitrogen and oxygen atoms in total. The minimum absolute atomic E-state index is 0.141. The summed E-state index contributed by atoms with van der Waals surface area (Å²) in [5.41, 5.74) is 2.23. The van der Waals surface area contributed by atoms with Crippen LogP contribution < -0.4 is 5.32 Å². The van der Waals surface area contributed by atoms with Crippen molar-refractivity contribution in [2.45, 2.75) is 32.6 Å². The van der Waals surface area contributed by atoms with Crippen molar-refractivity contribution in [2.75, 3.05) is 32.7 Å². The number of nitriles is 1. The number of nitrogens with zero attached hydrogens (tertiary/aromatic N) is 5. The van der Waals surface area contributed by atoms with E-state index in [9.17, 15) is 18.0 Å². The van der Waals surface area contributed by atoms with Crippen molar-refractivity contribution in [3.05, 3.63) is 88.5 Å². The molecular formula is C27H29F3N6O. The maximum Gasteiger partial charge on any atom is 0.416 e. The molecule has 4 rings (SSSR count). The number of carbonyl (C=O) groups excluding carboxylic acids is 1. The molecule has 3 aromatic rings. The Labute approximate surface area is 214 Å². The Morgan fingerprint density at radius 1 is 1.14 bits per heavy atom. The minimum atomic E-state index is -4.41. The fourth-order valence-electron chi connectivity index (χ4n) is 4.39. The van der Waals surface area contributed by atoms with Gasteiger partial charge in [-0.2, -0.15) is 18.4 Å². The van der Waals surface area contributed by atoms with Crippen LogP contribution >= 0.6 is 0 Å². The third-order valence-electron chi connectivity index (χ3n) is 6.50. The summed E-state index contributed by atoms with van der Waals surface area (Å²) in [5.74, 6) is 0.784. The lowest BCUT2D eigenvalue weighted by Gasteiger charge is -2.33. The molecule has 2 amide bonds. The Bertz CT molecular complexity index is 1260. The van der Waals surface area contributed by atoms with Crippen LogP contribution in [0.2, 0.25) is 0 Å². The van der Waals surface area contributed by atoms with Gasteiger partial charge in [-0.15, -0.1) is 0 Å². The van der Waals surface area contributed by atoms with E-state index in [4.69, 9.17) is 5.26 Å². The van der Waals surface area contributed by atoms with E-state index in [1.165, 1.54) is 6.07 Å². The van der Waals surface area contributed by atoms with Crippen LogP contribution in [0.5, 0.6) is 0 Å². The van der Waals surface area contributed by atoms with Gasteiger partial charge in [0.05, 0.1) is 35.6 Å². The highest BCUT2D eigenvalue weighted by Crippen LogP contribution is 2.29. The summed E-state index contributed by atoms with van der Waals surface area (Å²) in [7, 11) is 0. The summed E-state index contributed by atoms with van der Waals surface area (Å²) in [6.45, 7) is 5.50. The number of rotatable bonds is 7. The second-order valence-corrected chi connectivity index (χ2v) is 9.08. The Balaban J connectivity index is 1.55. The largest absolute Gasteiger partial charge is 0.416 e. The number of carbonyl (C=O) groups is 1. The molecule has 194 valence electrons. The van der Waals surface area contributed by atoms with Crippen LogP contribution in [0.3, 0.4) is 0 Å². The maximum atomic E-state index is 13.5. The van der Waals surface area contributed by atoms with Gasteiger partial charge in [-0.05, 0) is 42.7 Å². The van der Waals surface area contributed by atoms with Gasteiger partial charge in [0.25, 0.3) is 0 Å². The van der Waals surface area contributed by atoms with Crippen molar-refractivity contribution in [1.29, 1.82) is 5.26 Å². The van der Waals surface area contributed by atoms with Crippen LogP contribution in [0, 0.1) is 18.3 Å². The minimum Gasteiger partial charge on any atom is -0.326 e.